The number of rotatable bonds is 2. The molecule has 0 unspecified atom stereocenters. The van der Waals surface area contributed by atoms with Gasteiger partial charge in [0.2, 0.25) is 0 Å². The Morgan fingerprint density at radius 3 is 2.62 bits per heavy atom. The quantitative estimate of drug-likeness (QED) is 0.734. The molecule has 104 valence electrons. The Labute approximate surface area is 126 Å². The molecular weight excluding hydrogens is 286 g/mol. The first-order chi connectivity index (χ1) is 10.1. The van der Waals surface area contributed by atoms with Crippen molar-refractivity contribution in [3.8, 4) is 5.75 Å². The van der Waals surface area contributed by atoms with Crippen LogP contribution in [0.25, 0.3) is 10.8 Å². The van der Waals surface area contributed by atoms with Gasteiger partial charge in [0.25, 0.3) is 5.91 Å². The number of hydrogen-bond donors (Lipinski definition) is 2. The maximum Gasteiger partial charge on any atom is 0.257 e. The van der Waals surface area contributed by atoms with Gasteiger partial charge in [0.1, 0.15) is 5.75 Å². The summed E-state index contributed by atoms with van der Waals surface area (Å²) in [6, 6.07) is 17.4. The Morgan fingerprint density at radius 2 is 1.81 bits per heavy atom. The van der Waals surface area contributed by atoms with E-state index in [0.717, 1.165) is 10.8 Å². The first-order valence-electron chi connectivity index (χ1n) is 6.43. The number of amides is 1. The van der Waals surface area contributed by atoms with Crippen molar-refractivity contribution in [2.24, 2.45) is 0 Å². The third-order valence-corrected chi connectivity index (χ3v) is 3.56. The van der Waals surface area contributed by atoms with Crippen molar-refractivity contribution in [1.82, 2.24) is 0 Å². The van der Waals surface area contributed by atoms with Crippen LogP contribution < -0.4 is 5.32 Å². The van der Waals surface area contributed by atoms with Gasteiger partial charge in [-0.2, -0.15) is 0 Å². The van der Waals surface area contributed by atoms with Crippen LogP contribution in [0.1, 0.15) is 10.4 Å². The normalized spacial score (nSPS) is 10.5. The van der Waals surface area contributed by atoms with E-state index in [4.69, 9.17) is 11.6 Å². The Hall–Kier alpha value is -2.52. The summed E-state index contributed by atoms with van der Waals surface area (Å²) in [6.07, 6.45) is 0. The molecule has 21 heavy (non-hydrogen) atoms. The van der Waals surface area contributed by atoms with Gasteiger partial charge in [-0.3, -0.25) is 4.79 Å². The van der Waals surface area contributed by atoms with Gasteiger partial charge >= 0.3 is 0 Å². The van der Waals surface area contributed by atoms with Crippen LogP contribution in [0.3, 0.4) is 0 Å². The van der Waals surface area contributed by atoms with E-state index in [1.54, 1.807) is 42.5 Å². The van der Waals surface area contributed by atoms with Gasteiger partial charge in [-0.1, -0.05) is 35.9 Å². The molecule has 3 rings (SSSR count). The lowest BCUT2D eigenvalue weighted by atomic mass is 10.1. The van der Waals surface area contributed by atoms with Gasteiger partial charge in [-0.25, -0.2) is 0 Å². The summed E-state index contributed by atoms with van der Waals surface area (Å²) in [7, 11) is 0. The van der Waals surface area contributed by atoms with Crippen LogP contribution in [0.15, 0.2) is 60.7 Å². The third kappa shape index (κ3) is 2.69. The van der Waals surface area contributed by atoms with Crippen molar-refractivity contribution >= 4 is 34.0 Å². The molecule has 0 fully saturated rings. The number of aromatic hydroxyl groups is 1. The summed E-state index contributed by atoms with van der Waals surface area (Å²) in [5.41, 5.74) is 1.10. The Kier molecular flexibility index (Phi) is 3.50. The topological polar surface area (TPSA) is 49.3 Å². The minimum atomic E-state index is -0.263. The molecule has 0 aliphatic carbocycles. The number of nitrogens with one attached hydrogen (secondary N) is 1. The number of halogens is 1. The van der Waals surface area contributed by atoms with Crippen molar-refractivity contribution in [3.05, 3.63) is 71.2 Å². The number of phenolic OH excluding ortho intramolecular Hbond substituents is 1. The molecule has 3 aromatic rings. The van der Waals surface area contributed by atoms with E-state index in [2.05, 4.69) is 5.32 Å². The SMILES string of the molecule is O=C(Nc1cccc2cc(O)ccc12)c1ccccc1Cl. The molecule has 1 amide bonds. The van der Waals surface area contributed by atoms with Gasteiger partial charge in [-0.05, 0) is 41.8 Å². The van der Waals surface area contributed by atoms with Gasteiger partial charge in [-0.15, -0.1) is 0 Å². The summed E-state index contributed by atoms with van der Waals surface area (Å²) in [5.74, 6) is -0.0711. The highest BCUT2D eigenvalue weighted by Crippen LogP contribution is 2.27. The summed E-state index contributed by atoms with van der Waals surface area (Å²) < 4.78 is 0. The molecular formula is C17H12ClNO2. The van der Waals surface area contributed by atoms with Crippen LogP contribution >= 0.6 is 11.6 Å². The molecule has 2 N–H and O–H groups in total. The van der Waals surface area contributed by atoms with E-state index >= 15 is 0 Å². The summed E-state index contributed by atoms with van der Waals surface area (Å²) in [4.78, 5) is 12.3. The fourth-order valence-electron chi connectivity index (χ4n) is 2.22. The van der Waals surface area contributed by atoms with E-state index in [1.165, 1.54) is 0 Å². The summed E-state index contributed by atoms with van der Waals surface area (Å²) >= 11 is 6.03. The van der Waals surface area contributed by atoms with Crippen LogP contribution in [0.2, 0.25) is 5.02 Å². The average Bonchev–Trinajstić information content (AvgIpc) is 2.47. The molecule has 0 saturated carbocycles. The van der Waals surface area contributed by atoms with Crippen LogP contribution in [-0.2, 0) is 0 Å². The second kappa shape index (κ2) is 5.46. The van der Waals surface area contributed by atoms with Crippen molar-refractivity contribution in [2.75, 3.05) is 5.32 Å². The van der Waals surface area contributed by atoms with Crippen molar-refractivity contribution in [2.45, 2.75) is 0 Å². The number of hydrogen-bond acceptors (Lipinski definition) is 2. The molecule has 0 aromatic heterocycles. The highest BCUT2D eigenvalue weighted by molar-refractivity contribution is 6.34. The number of fused-ring (bicyclic) bond motifs is 1. The van der Waals surface area contributed by atoms with Crippen molar-refractivity contribution < 1.29 is 9.90 Å². The first-order valence-corrected chi connectivity index (χ1v) is 6.80. The predicted molar refractivity (Wildman–Crippen MR) is 85.0 cm³/mol. The lowest BCUT2D eigenvalue weighted by Crippen LogP contribution is -2.12. The number of phenols is 1. The van der Waals surface area contributed by atoms with Crippen molar-refractivity contribution in [3.63, 3.8) is 0 Å². The van der Waals surface area contributed by atoms with E-state index in [-0.39, 0.29) is 11.7 Å². The highest BCUT2D eigenvalue weighted by atomic mass is 35.5. The minimum Gasteiger partial charge on any atom is -0.508 e. The Morgan fingerprint density at radius 1 is 1.00 bits per heavy atom. The molecule has 0 spiro atoms. The summed E-state index contributed by atoms with van der Waals surface area (Å²) in [5, 5.41) is 14.5. The molecule has 0 radical (unpaired) electrons. The largest absolute Gasteiger partial charge is 0.508 e. The zero-order valence-corrected chi connectivity index (χ0v) is 11.8. The number of carbonyl (C=O) groups excluding carboxylic acids is 1. The van der Waals surface area contributed by atoms with Crippen LogP contribution in [-0.4, -0.2) is 11.0 Å². The molecule has 3 aromatic carbocycles. The van der Waals surface area contributed by atoms with E-state index in [9.17, 15) is 9.90 Å². The Bertz CT molecular complexity index is 830. The lowest BCUT2D eigenvalue weighted by Gasteiger charge is -2.10. The smallest absolute Gasteiger partial charge is 0.257 e. The first kappa shape index (κ1) is 13.5. The van der Waals surface area contributed by atoms with Crippen molar-refractivity contribution in [1.29, 1.82) is 0 Å². The minimum absolute atomic E-state index is 0.192. The molecule has 0 atom stereocenters. The molecule has 0 saturated heterocycles. The standard InChI is InChI=1S/C17H12ClNO2/c18-15-6-2-1-5-14(15)17(21)19-16-7-3-4-11-10-12(20)8-9-13(11)16/h1-10,20H,(H,19,21). The molecule has 0 bridgehead atoms. The zero-order valence-electron chi connectivity index (χ0n) is 11.0. The molecule has 0 aliphatic rings. The van der Waals surface area contributed by atoms with E-state index in [0.29, 0.717) is 16.3 Å². The molecule has 4 heteroatoms. The van der Waals surface area contributed by atoms with Gasteiger partial charge in [0.05, 0.1) is 10.6 Å². The molecule has 3 nitrogen and oxygen atoms in total. The molecule has 0 heterocycles. The third-order valence-electron chi connectivity index (χ3n) is 3.23. The van der Waals surface area contributed by atoms with Gasteiger partial charge < -0.3 is 10.4 Å². The van der Waals surface area contributed by atoms with Crippen LogP contribution in [0, 0.1) is 0 Å². The summed E-state index contributed by atoms with van der Waals surface area (Å²) in [6.45, 7) is 0. The number of benzene rings is 3. The maximum atomic E-state index is 12.3. The van der Waals surface area contributed by atoms with Crippen LogP contribution in [0.5, 0.6) is 5.75 Å². The second-order valence-electron chi connectivity index (χ2n) is 4.64. The van der Waals surface area contributed by atoms with Crippen LogP contribution in [0.4, 0.5) is 5.69 Å². The van der Waals surface area contributed by atoms with Gasteiger partial charge in [0.15, 0.2) is 0 Å². The number of carbonyl (C=O) groups is 1. The highest BCUT2D eigenvalue weighted by Gasteiger charge is 2.11. The second-order valence-corrected chi connectivity index (χ2v) is 5.05. The Balaban J connectivity index is 1.99. The maximum absolute atomic E-state index is 12.3. The molecule has 0 aliphatic heterocycles. The fraction of sp³-hybridized carbons (Fsp3) is 0. The average molecular weight is 298 g/mol. The zero-order chi connectivity index (χ0) is 14.8. The van der Waals surface area contributed by atoms with E-state index < -0.39 is 0 Å². The lowest BCUT2D eigenvalue weighted by molar-refractivity contribution is 0.102. The predicted octanol–water partition coefficient (Wildman–Crippen LogP) is 4.45. The monoisotopic (exact) mass is 297 g/mol. The fourth-order valence-corrected chi connectivity index (χ4v) is 2.44. The van der Waals surface area contributed by atoms with Gasteiger partial charge in [0, 0.05) is 11.1 Å². The number of anilines is 1. The van der Waals surface area contributed by atoms with E-state index in [1.807, 2.05) is 18.2 Å².